The zero-order chi connectivity index (χ0) is 12.3. The molecule has 0 aliphatic heterocycles. The maximum absolute atomic E-state index is 11.3. The third-order valence-electron chi connectivity index (χ3n) is 1.94. The molecule has 0 atom stereocenters. The predicted octanol–water partition coefficient (Wildman–Crippen LogP) is 0.289. The molecule has 1 aromatic rings. The monoisotopic (exact) mass is 265 g/mol. The van der Waals surface area contributed by atoms with E-state index in [4.69, 9.17) is 10.7 Å². The first-order valence-electron chi connectivity index (χ1n) is 4.48. The molecule has 1 rings (SSSR count). The molecular formula is C8H12ClN3O3S. The zero-order valence-corrected chi connectivity index (χ0v) is 10.5. The minimum Gasteiger partial charge on any atom is -0.349 e. The molecule has 0 aromatic carbocycles. The van der Waals surface area contributed by atoms with Crippen LogP contribution in [0.25, 0.3) is 0 Å². The summed E-state index contributed by atoms with van der Waals surface area (Å²) in [4.78, 5) is 12.7. The molecule has 8 heteroatoms. The van der Waals surface area contributed by atoms with Crippen LogP contribution >= 0.6 is 10.7 Å². The van der Waals surface area contributed by atoms with Gasteiger partial charge in [-0.3, -0.25) is 9.48 Å². The van der Waals surface area contributed by atoms with Crippen molar-refractivity contribution < 1.29 is 13.2 Å². The van der Waals surface area contributed by atoms with Crippen molar-refractivity contribution in [1.29, 1.82) is 0 Å². The summed E-state index contributed by atoms with van der Waals surface area (Å²) >= 11 is 0. The van der Waals surface area contributed by atoms with Gasteiger partial charge in [-0.25, -0.2) is 8.42 Å². The molecule has 0 spiro atoms. The first kappa shape index (κ1) is 13.0. The fourth-order valence-corrected chi connectivity index (χ4v) is 1.69. The summed E-state index contributed by atoms with van der Waals surface area (Å²) in [6.45, 7) is 0.323. The maximum atomic E-state index is 11.3. The van der Waals surface area contributed by atoms with Gasteiger partial charge in [0.05, 0.1) is 6.20 Å². The lowest BCUT2D eigenvalue weighted by Crippen LogP contribution is -2.22. The van der Waals surface area contributed by atoms with Gasteiger partial charge in [-0.2, -0.15) is 5.10 Å². The van der Waals surface area contributed by atoms with E-state index in [-0.39, 0.29) is 17.2 Å². The van der Waals surface area contributed by atoms with Gasteiger partial charge in [0.2, 0.25) is 5.91 Å². The van der Waals surface area contributed by atoms with Gasteiger partial charge < -0.3 is 4.90 Å². The normalized spacial score (nSPS) is 11.4. The summed E-state index contributed by atoms with van der Waals surface area (Å²) in [7, 11) is 4.69. The second-order valence-electron chi connectivity index (χ2n) is 3.42. The lowest BCUT2D eigenvalue weighted by molar-refractivity contribution is -0.128. The van der Waals surface area contributed by atoms with Crippen molar-refractivity contribution in [3.63, 3.8) is 0 Å². The fourth-order valence-electron chi connectivity index (χ4n) is 1.03. The summed E-state index contributed by atoms with van der Waals surface area (Å²) < 4.78 is 23.2. The molecule has 0 saturated carbocycles. The summed E-state index contributed by atoms with van der Waals surface area (Å²) in [6, 6.07) is 0. The van der Waals surface area contributed by atoms with Crippen molar-refractivity contribution in [2.75, 3.05) is 14.1 Å². The van der Waals surface area contributed by atoms with Crippen LogP contribution < -0.4 is 0 Å². The molecule has 0 fully saturated rings. The number of hydrogen-bond acceptors (Lipinski definition) is 4. The highest BCUT2D eigenvalue weighted by Gasteiger charge is 2.13. The van der Waals surface area contributed by atoms with Gasteiger partial charge in [0, 0.05) is 43.9 Å². The van der Waals surface area contributed by atoms with Gasteiger partial charge in [0.15, 0.2) is 0 Å². The van der Waals surface area contributed by atoms with Gasteiger partial charge in [-0.1, -0.05) is 0 Å². The van der Waals surface area contributed by atoms with Crippen LogP contribution in [0.1, 0.15) is 6.42 Å². The Bertz CT molecular complexity index is 480. The largest absolute Gasteiger partial charge is 0.349 e. The first-order valence-corrected chi connectivity index (χ1v) is 6.79. The van der Waals surface area contributed by atoms with E-state index in [1.807, 2.05) is 0 Å². The minimum absolute atomic E-state index is 0.0502. The molecule has 0 saturated heterocycles. The van der Waals surface area contributed by atoms with E-state index in [0.717, 1.165) is 6.20 Å². The van der Waals surface area contributed by atoms with Crippen LogP contribution in [0, 0.1) is 0 Å². The first-order chi connectivity index (χ1) is 7.30. The Hall–Kier alpha value is -1.08. The van der Waals surface area contributed by atoms with Crippen LogP contribution in [-0.4, -0.2) is 43.1 Å². The van der Waals surface area contributed by atoms with Crippen molar-refractivity contribution in [3.8, 4) is 0 Å². The van der Waals surface area contributed by atoms with E-state index in [2.05, 4.69) is 5.10 Å². The summed E-state index contributed by atoms with van der Waals surface area (Å²) in [6.07, 6.45) is 2.71. The van der Waals surface area contributed by atoms with Crippen LogP contribution in [-0.2, 0) is 20.4 Å². The predicted molar refractivity (Wildman–Crippen MR) is 58.6 cm³/mol. The molecule has 1 aromatic heterocycles. The average Bonchev–Trinajstić information content (AvgIpc) is 2.61. The van der Waals surface area contributed by atoms with E-state index in [1.165, 1.54) is 15.8 Å². The molecule has 0 radical (unpaired) electrons. The Kier molecular flexibility index (Phi) is 3.93. The number of aryl methyl sites for hydroxylation is 1. The van der Waals surface area contributed by atoms with Crippen molar-refractivity contribution in [3.05, 3.63) is 12.4 Å². The number of amides is 1. The van der Waals surface area contributed by atoms with Crippen LogP contribution in [0.3, 0.4) is 0 Å². The van der Waals surface area contributed by atoms with E-state index < -0.39 is 9.05 Å². The van der Waals surface area contributed by atoms with Gasteiger partial charge >= 0.3 is 0 Å². The second-order valence-corrected chi connectivity index (χ2v) is 5.98. The fraction of sp³-hybridized carbons (Fsp3) is 0.500. The highest BCUT2D eigenvalue weighted by molar-refractivity contribution is 8.13. The Labute approximate surface area is 98.2 Å². The van der Waals surface area contributed by atoms with Crippen LogP contribution in [0.4, 0.5) is 0 Å². The topological polar surface area (TPSA) is 72.3 Å². The lowest BCUT2D eigenvalue weighted by atomic mass is 10.4. The van der Waals surface area contributed by atoms with Crippen molar-refractivity contribution in [2.45, 2.75) is 17.9 Å². The standard InChI is InChI=1S/C8H12ClN3O3S/c1-11(2)8(13)3-4-12-6-7(5-10-12)16(9,14)15/h5-6H,3-4H2,1-2H3. The van der Waals surface area contributed by atoms with Crippen molar-refractivity contribution in [2.24, 2.45) is 0 Å². The van der Waals surface area contributed by atoms with E-state index in [1.54, 1.807) is 14.1 Å². The number of carbonyl (C=O) groups excluding carboxylic acids is 1. The second kappa shape index (κ2) is 4.84. The minimum atomic E-state index is -3.74. The van der Waals surface area contributed by atoms with E-state index in [0.29, 0.717) is 6.54 Å². The van der Waals surface area contributed by atoms with Gasteiger partial charge in [0.1, 0.15) is 4.90 Å². The third kappa shape index (κ3) is 3.49. The maximum Gasteiger partial charge on any atom is 0.264 e. The van der Waals surface area contributed by atoms with Gasteiger partial charge in [0.25, 0.3) is 9.05 Å². The van der Waals surface area contributed by atoms with E-state index >= 15 is 0 Å². The van der Waals surface area contributed by atoms with Crippen molar-refractivity contribution in [1.82, 2.24) is 14.7 Å². The Balaban J connectivity index is 2.64. The average molecular weight is 266 g/mol. The highest BCUT2D eigenvalue weighted by Crippen LogP contribution is 2.13. The number of hydrogen-bond donors (Lipinski definition) is 0. The number of rotatable bonds is 4. The summed E-state index contributed by atoms with van der Waals surface area (Å²) in [5.41, 5.74) is 0. The van der Waals surface area contributed by atoms with Crippen LogP contribution in [0.5, 0.6) is 0 Å². The number of carbonyl (C=O) groups is 1. The number of halogens is 1. The molecule has 6 nitrogen and oxygen atoms in total. The molecule has 0 unspecified atom stereocenters. The molecular weight excluding hydrogens is 254 g/mol. The molecule has 0 aliphatic carbocycles. The van der Waals surface area contributed by atoms with Gasteiger partial charge in [-0.05, 0) is 0 Å². The molecule has 1 amide bonds. The van der Waals surface area contributed by atoms with Crippen LogP contribution in [0.2, 0.25) is 0 Å². The molecule has 0 N–H and O–H groups in total. The van der Waals surface area contributed by atoms with Gasteiger partial charge in [-0.15, -0.1) is 0 Å². The van der Waals surface area contributed by atoms with E-state index in [9.17, 15) is 13.2 Å². The Morgan fingerprint density at radius 3 is 2.62 bits per heavy atom. The molecule has 0 aliphatic rings. The molecule has 90 valence electrons. The molecule has 0 bridgehead atoms. The summed E-state index contributed by atoms with van der Waals surface area (Å²) in [5, 5.41) is 3.80. The molecule has 1 heterocycles. The SMILES string of the molecule is CN(C)C(=O)CCn1cc(S(=O)(=O)Cl)cn1. The zero-order valence-electron chi connectivity index (χ0n) is 8.92. The highest BCUT2D eigenvalue weighted by atomic mass is 35.7. The summed E-state index contributed by atoms with van der Waals surface area (Å²) in [5.74, 6) is -0.0502. The quantitative estimate of drug-likeness (QED) is 0.734. The number of nitrogens with zero attached hydrogens (tertiary/aromatic N) is 3. The Morgan fingerprint density at radius 1 is 1.56 bits per heavy atom. The lowest BCUT2D eigenvalue weighted by Gasteiger charge is -2.09. The smallest absolute Gasteiger partial charge is 0.264 e. The third-order valence-corrected chi connectivity index (χ3v) is 3.25. The molecule has 16 heavy (non-hydrogen) atoms. The Morgan fingerprint density at radius 2 is 2.19 bits per heavy atom. The van der Waals surface area contributed by atoms with Crippen molar-refractivity contribution >= 4 is 25.6 Å². The number of aromatic nitrogens is 2. The van der Waals surface area contributed by atoms with Crippen LogP contribution in [0.15, 0.2) is 17.3 Å².